The maximum atomic E-state index is 3.50. The minimum Gasteiger partial charge on any atom is -0.315 e. The molecule has 3 unspecified atom stereocenters. The van der Waals surface area contributed by atoms with Gasteiger partial charge in [0.15, 0.2) is 0 Å². The van der Waals surface area contributed by atoms with E-state index in [0.29, 0.717) is 0 Å². The molecule has 2 rings (SSSR count). The maximum absolute atomic E-state index is 3.50. The van der Waals surface area contributed by atoms with E-state index in [-0.39, 0.29) is 0 Å². The van der Waals surface area contributed by atoms with E-state index in [1.165, 1.54) is 45.4 Å². The summed E-state index contributed by atoms with van der Waals surface area (Å²) >= 11 is 0. The van der Waals surface area contributed by atoms with Crippen LogP contribution >= 0.6 is 0 Å². The molecule has 0 bridgehead atoms. The molecule has 2 fully saturated rings. The van der Waals surface area contributed by atoms with Gasteiger partial charge in [-0.2, -0.15) is 0 Å². The first kappa shape index (κ1) is 12.3. The van der Waals surface area contributed by atoms with Gasteiger partial charge in [0.25, 0.3) is 0 Å². The molecule has 1 saturated heterocycles. The van der Waals surface area contributed by atoms with Crippen LogP contribution in [0.5, 0.6) is 0 Å². The van der Waals surface area contributed by atoms with Crippen molar-refractivity contribution in [1.29, 1.82) is 0 Å². The first-order chi connectivity index (χ1) is 7.76. The highest BCUT2D eigenvalue weighted by atomic mass is 15.3. The quantitative estimate of drug-likeness (QED) is 0.777. The van der Waals surface area contributed by atoms with Gasteiger partial charge in [0.1, 0.15) is 0 Å². The number of hydrogen-bond acceptors (Lipinski definition) is 3. The molecule has 0 aromatic heterocycles. The van der Waals surface area contributed by atoms with Crippen molar-refractivity contribution in [3.63, 3.8) is 0 Å². The van der Waals surface area contributed by atoms with Gasteiger partial charge in [0.2, 0.25) is 0 Å². The van der Waals surface area contributed by atoms with Crippen molar-refractivity contribution in [2.75, 3.05) is 33.2 Å². The summed E-state index contributed by atoms with van der Waals surface area (Å²) < 4.78 is 0. The molecule has 1 saturated carbocycles. The molecule has 3 atom stereocenters. The highest BCUT2D eigenvalue weighted by molar-refractivity contribution is 4.92. The van der Waals surface area contributed by atoms with Crippen LogP contribution in [0.25, 0.3) is 0 Å². The summed E-state index contributed by atoms with van der Waals surface area (Å²) in [7, 11) is 2.12. The Bertz CT molecular complexity index is 219. The lowest BCUT2D eigenvalue weighted by Crippen LogP contribution is -2.57. The van der Waals surface area contributed by atoms with Gasteiger partial charge < -0.3 is 5.32 Å². The number of piperazine rings is 1. The molecule has 3 nitrogen and oxygen atoms in total. The minimum atomic E-state index is 0.733. The summed E-state index contributed by atoms with van der Waals surface area (Å²) in [5, 5.41) is 3.50. The summed E-state index contributed by atoms with van der Waals surface area (Å²) in [6, 6.07) is 2.27. The lowest BCUT2D eigenvalue weighted by atomic mass is 10.1. The lowest BCUT2D eigenvalue weighted by molar-refractivity contribution is 0.0530. The largest absolute Gasteiger partial charge is 0.315 e. The van der Waals surface area contributed by atoms with Crippen LogP contribution in [-0.4, -0.2) is 61.2 Å². The van der Waals surface area contributed by atoms with E-state index in [1.807, 2.05) is 0 Å². The van der Waals surface area contributed by atoms with Crippen molar-refractivity contribution in [1.82, 2.24) is 15.1 Å². The first-order valence-electron chi connectivity index (χ1n) is 6.91. The predicted octanol–water partition coefficient (Wildman–Crippen LogP) is 1.15. The summed E-state index contributed by atoms with van der Waals surface area (Å²) in [5.41, 5.74) is 0. The molecule has 1 aliphatic carbocycles. The fourth-order valence-corrected chi connectivity index (χ4v) is 3.51. The smallest absolute Gasteiger partial charge is 0.0250 e. The predicted molar refractivity (Wildman–Crippen MR) is 68.8 cm³/mol. The van der Waals surface area contributed by atoms with Gasteiger partial charge in [-0.25, -0.2) is 0 Å². The van der Waals surface area contributed by atoms with Crippen LogP contribution in [-0.2, 0) is 0 Å². The third-order valence-electron chi connectivity index (χ3n) is 4.52. The number of rotatable bonds is 3. The zero-order chi connectivity index (χ0) is 11.5. The van der Waals surface area contributed by atoms with E-state index in [2.05, 4.69) is 36.0 Å². The van der Waals surface area contributed by atoms with Crippen molar-refractivity contribution in [2.45, 2.75) is 51.2 Å². The molecule has 2 aliphatic rings. The SMILES string of the molecule is CCN1CCN(C2CCCC2NC)CC1C. The average Bonchev–Trinajstić information content (AvgIpc) is 2.77. The molecule has 1 heterocycles. The van der Waals surface area contributed by atoms with Crippen molar-refractivity contribution in [3.05, 3.63) is 0 Å². The summed E-state index contributed by atoms with van der Waals surface area (Å²) in [6.45, 7) is 9.63. The summed E-state index contributed by atoms with van der Waals surface area (Å²) in [6.07, 6.45) is 4.16. The zero-order valence-electron chi connectivity index (χ0n) is 11.1. The Morgan fingerprint density at radius 1 is 1.25 bits per heavy atom. The number of likely N-dealkylation sites (N-methyl/N-ethyl adjacent to an activating group) is 2. The van der Waals surface area contributed by atoms with Crippen molar-refractivity contribution < 1.29 is 0 Å². The fourth-order valence-electron chi connectivity index (χ4n) is 3.51. The monoisotopic (exact) mass is 225 g/mol. The van der Waals surface area contributed by atoms with Crippen molar-refractivity contribution in [2.24, 2.45) is 0 Å². The Balaban J connectivity index is 1.91. The van der Waals surface area contributed by atoms with E-state index in [4.69, 9.17) is 0 Å². The van der Waals surface area contributed by atoms with E-state index >= 15 is 0 Å². The Hall–Kier alpha value is -0.120. The summed E-state index contributed by atoms with van der Waals surface area (Å²) in [5.74, 6) is 0. The van der Waals surface area contributed by atoms with E-state index in [0.717, 1.165) is 18.1 Å². The second kappa shape index (κ2) is 5.48. The third kappa shape index (κ3) is 2.41. The Morgan fingerprint density at radius 3 is 2.69 bits per heavy atom. The number of nitrogens with one attached hydrogen (secondary N) is 1. The van der Waals surface area contributed by atoms with E-state index in [1.54, 1.807) is 0 Å². The molecule has 1 aliphatic heterocycles. The van der Waals surface area contributed by atoms with Crippen LogP contribution in [0.2, 0.25) is 0 Å². The number of hydrogen-bond donors (Lipinski definition) is 1. The van der Waals surface area contributed by atoms with Crippen molar-refractivity contribution in [3.8, 4) is 0 Å². The van der Waals surface area contributed by atoms with Gasteiger partial charge >= 0.3 is 0 Å². The number of nitrogens with zero attached hydrogens (tertiary/aromatic N) is 2. The molecule has 94 valence electrons. The molecule has 0 radical (unpaired) electrons. The van der Waals surface area contributed by atoms with Crippen LogP contribution in [0.3, 0.4) is 0 Å². The second-order valence-corrected chi connectivity index (χ2v) is 5.37. The van der Waals surface area contributed by atoms with Gasteiger partial charge in [0.05, 0.1) is 0 Å². The first-order valence-corrected chi connectivity index (χ1v) is 6.91. The van der Waals surface area contributed by atoms with E-state index in [9.17, 15) is 0 Å². The fraction of sp³-hybridized carbons (Fsp3) is 1.00. The molecular weight excluding hydrogens is 198 g/mol. The van der Waals surface area contributed by atoms with Crippen LogP contribution in [0.4, 0.5) is 0 Å². The van der Waals surface area contributed by atoms with Gasteiger partial charge in [-0.1, -0.05) is 13.3 Å². The molecule has 0 aromatic carbocycles. The average molecular weight is 225 g/mol. The molecule has 0 amide bonds. The molecule has 0 aromatic rings. The standard InChI is InChI=1S/C13H27N3/c1-4-15-8-9-16(10-11(15)2)13-7-5-6-12(13)14-3/h11-14H,4-10H2,1-3H3. The molecule has 16 heavy (non-hydrogen) atoms. The zero-order valence-corrected chi connectivity index (χ0v) is 11.1. The third-order valence-corrected chi connectivity index (χ3v) is 4.52. The van der Waals surface area contributed by atoms with Gasteiger partial charge in [-0.3, -0.25) is 9.80 Å². The maximum Gasteiger partial charge on any atom is 0.0250 e. The normalized spacial score (nSPS) is 38.1. The van der Waals surface area contributed by atoms with Crippen LogP contribution < -0.4 is 5.32 Å². The van der Waals surface area contributed by atoms with Crippen LogP contribution in [0.1, 0.15) is 33.1 Å². The highest BCUT2D eigenvalue weighted by Crippen LogP contribution is 2.26. The Labute approximate surface area is 100 Å². The molecule has 1 N–H and O–H groups in total. The van der Waals surface area contributed by atoms with Crippen LogP contribution in [0.15, 0.2) is 0 Å². The molecular formula is C13H27N3. The van der Waals surface area contributed by atoms with Gasteiger partial charge in [-0.15, -0.1) is 0 Å². The molecule has 3 heteroatoms. The molecule has 0 spiro atoms. The second-order valence-electron chi connectivity index (χ2n) is 5.37. The van der Waals surface area contributed by atoms with Gasteiger partial charge in [0, 0.05) is 37.8 Å². The highest BCUT2D eigenvalue weighted by Gasteiger charge is 2.34. The van der Waals surface area contributed by atoms with Crippen molar-refractivity contribution >= 4 is 0 Å². The van der Waals surface area contributed by atoms with E-state index < -0.39 is 0 Å². The Kier molecular flexibility index (Phi) is 4.22. The minimum absolute atomic E-state index is 0.733. The van der Waals surface area contributed by atoms with Crippen LogP contribution in [0, 0.1) is 0 Å². The lowest BCUT2D eigenvalue weighted by Gasteiger charge is -2.43. The summed E-state index contributed by atoms with van der Waals surface area (Å²) in [4.78, 5) is 5.32. The Morgan fingerprint density at radius 2 is 2.06 bits per heavy atom. The topological polar surface area (TPSA) is 18.5 Å². The van der Waals surface area contributed by atoms with Gasteiger partial charge in [-0.05, 0) is 33.4 Å².